The molecule has 0 saturated carbocycles. The molecule has 0 bridgehead atoms. The lowest BCUT2D eigenvalue weighted by molar-refractivity contribution is 0.0999. The highest BCUT2D eigenvalue weighted by atomic mass is 16.1. The number of hydrogen-bond donors (Lipinski definition) is 2. The highest BCUT2D eigenvalue weighted by Gasteiger charge is 2.05. The molecule has 1 rings (SSSR count). The number of nitrogens with two attached hydrogens (primary N) is 2. The van der Waals surface area contributed by atoms with E-state index in [0.29, 0.717) is 17.8 Å². The highest BCUT2D eigenvalue weighted by Crippen LogP contribution is 2.05. The molecule has 0 fully saturated rings. The van der Waals surface area contributed by atoms with Gasteiger partial charge in [0.2, 0.25) is 0 Å². The first kappa shape index (κ1) is 8.67. The SMILES string of the molecule is Cc1nc(CN)ccc1C(N)=O. The molecule has 1 heterocycles. The maximum atomic E-state index is 10.8. The normalized spacial score (nSPS) is 9.83. The second-order valence-electron chi connectivity index (χ2n) is 2.50. The van der Waals surface area contributed by atoms with Gasteiger partial charge in [0.25, 0.3) is 5.91 Å². The van der Waals surface area contributed by atoms with Gasteiger partial charge in [0.15, 0.2) is 0 Å². The van der Waals surface area contributed by atoms with Crippen molar-refractivity contribution in [3.05, 3.63) is 29.1 Å². The molecule has 0 unspecified atom stereocenters. The van der Waals surface area contributed by atoms with Crippen LogP contribution in [0, 0.1) is 6.92 Å². The Morgan fingerprint density at radius 1 is 1.58 bits per heavy atom. The molecule has 1 aromatic heterocycles. The van der Waals surface area contributed by atoms with E-state index in [9.17, 15) is 4.79 Å². The highest BCUT2D eigenvalue weighted by molar-refractivity contribution is 5.93. The Hall–Kier alpha value is -1.42. The first-order valence-corrected chi connectivity index (χ1v) is 3.61. The van der Waals surface area contributed by atoms with Crippen molar-refractivity contribution in [1.29, 1.82) is 0 Å². The fraction of sp³-hybridized carbons (Fsp3) is 0.250. The Kier molecular flexibility index (Phi) is 2.40. The van der Waals surface area contributed by atoms with Crippen molar-refractivity contribution >= 4 is 5.91 Å². The molecule has 64 valence electrons. The number of carbonyl (C=O) groups is 1. The summed E-state index contributed by atoms with van der Waals surface area (Å²) in [5.41, 5.74) is 12.3. The molecular weight excluding hydrogens is 154 g/mol. The van der Waals surface area contributed by atoms with Crippen LogP contribution in [0.2, 0.25) is 0 Å². The Morgan fingerprint density at radius 2 is 2.25 bits per heavy atom. The molecule has 1 aromatic rings. The van der Waals surface area contributed by atoms with Gasteiger partial charge < -0.3 is 11.5 Å². The van der Waals surface area contributed by atoms with Gasteiger partial charge in [-0.15, -0.1) is 0 Å². The molecule has 4 N–H and O–H groups in total. The first-order chi connectivity index (χ1) is 5.65. The van der Waals surface area contributed by atoms with Crippen LogP contribution in [0.15, 0.2) is 12.1 Å². The van der Waals surface area contributed by atoms with E-state index in [1.54, 1.807) is 19.1 Å². The molecule has 0 spiro atoms. The lowest BCUT2D eigenvalue weighted by Gasteiger charge is -2.02. The van der Waals surface area contributed by atoms with Gasteiger partial charge in [-0.05, 0) is 19.1 Å². The van der Waals surface area contributed by atoms with E-state index in [4.69, 9.17) is 11.5 Å². The van der Waals surface area contributed by atoms with Crippen LogP contribution in [0.5, 0.6) is 0 Å². The van der Waals surface area contributed by atoms with Crippen LogP contribution in [-0.4, -0.2) is 10.9 Å². The number of aromatic nitrogens is 1. The van der Waals surface area contributed by atoms with Crippen LogP contribution in [-0.2, 0) is 6.54 Å². The summed E-state index contributed by atoms with van der Waals surface area (Å²) in [6, 6.07) is 3.35. The second kappa shape index (κ2) is 3.32. The third-order valence-electron chi connectivity index (χ3n) is 1.62. The molecule has 0 saturated heterocycles. The van der Waals surface area contributed by atoms with Gasteiger partial charge in [0.05, 0.1) is 17.0 Å². The van der Waals surface area contributed by atoms with Crippen LogP contribution in [0.4, 0.5) is 0 Å². The Balaban J connectivity index is 3.12. The predicted octanol–water partition coefficient (Wildman–Crippen LogP) is -0.0524. The Morgan fingerprint density at radius 3 is 2.67 bits per heavy atom. The molecule has 0 radical (unpaired) electrons. The van der Waals surface area contributed by atoms with Crippen LogP contribution in [0.25, 0.3) is 0 Å². The Labute approximate surface area is 70.6 Å². The number of hydrogen-bond acceptors (Lipinski definition) is 3. The molecule has 0 aliphatic rings. The molecule has 0 aliphatic heterocycles. The molecule has 4 nitrogen and oxygen atoms in total. The lowest BCUT2D eigenvalue weighted by Crippen LogP contribution is -2.14. The summed E-state index contributed by atoms with van der Waals surface area (Å²) in [5.74, 6) is -0.455. The summed E-state index contributed by atoms with van der Waals surface area (Å²) in [6.45, 7) is 2.11. The van der Waals surface area contributed by atoms with E-state index >= 15 is 0 Å². The molecule has 4 heteroatoms. The van der Waals surface area contributed by atoms with E-state index in [0.717, 1.165) is 5.69 Å². The summed E-state index contributed by atoms with van der Waals surface area (Å²) in [7, 11) is 0. The number of nitrogens with zero attached hydrogens (tertiary/aromatic N) is 1. The number of amides is 1. The average Bonchev–Trinajstić information content (AvgIpc) is 2.03. The summed E-state index contributed by atoms with van der Waals surface area (Å²) in [6.07, 6.45) is 0. The third-order valence-corrected chi connectivity index (χ3v) is 1.62. The van der Waals surface area contributed by atoms with Gasteiger partial charge >= 0.3 is 0 Å². The maximum absolute atomic E-state index is 10.8. The summed E-state index contributed by atoms with van der Waals surface area (Å²) < 4.78 is 0. The van der Waals surface area contributed by atoms with E-state index in [1.165, 1.54) is 0 Å². The fourth-order valence-electron chi connectivity index (χ4n) is 0.987. The molecule has 0 aliphatic carbocycles. The number of pyridine rings is 1. The minimum absolute atomic E-state index is 0.375. The van der Waals surface area contributed by atoms with E-state index in [1.807, 2.05) is 0 Å². The number of primary amides is 1. The van der Waals surface area contributed by atoms with Gasteiger partial charge in [-0.1, -0.05) is 0 Å². The van der Waals surface area contributed by atoms with Crippen LogP contribution >= 0.6 is 0 Å². The van der Waals surface area contributed by atoms with Crippen LogP contribution in [0.3, 0.4) is 0 Å². The molecule has 0 atom stereocenters. The first-order valence-electron chi connectivity index (χ1n) is 3.61. The van der Waals surface area contributed by atoms with Crippen molar-refractivity contribution < 1.29 is 4.79 Å². The van der Waals surface area contributed by atoms with Crippen LogP contribution < -0.4 is 11.5 Å². The zero-order valence-electron chi connectivity index (χ0n) is 6.87. The monoisotopic (exact) mass is 165 g/mol. The quantitative estimate of drug-likeness (QED) is 0.644. The van der Waals surface area contributed by atoms with E-state index in [2.05, 4.69) is 4.98 Å². The van der Waals surface area contributed by atoms with Gasteiger partial charge in [-0.3, -0.25) is 9.78 Å². The fourth-order valence-corrected chi connectivity index (χ4v) is 0.987. The van der Waals surface area contributed by atoms with Crippen molar-refractivity contribution in [3.63, 3.8) is 0 Å². The maximum Gasteiger partial charge on any atom is 0.250 e. The van der Waals surface area contributed by atoms with E-state index < -0.39 is 5.91 Å². The molecule has 0 aromatic carbocycles. The Bertz CT molecular complexity index is 309. The van der Waals surface area contributed by atoms with Crippen molar-refractivity contribution in [1.82, 2.24) is 4.98 Å². The smallest absolute Gasteiger partial charge is 0.250 e. The van der Waals surface area contributed by atoms with Crippen molar-refractivity contribution in [3.8, 4) is 0 Å². The lowest BCUT2D eigenvalue weighted by atomic mass is 10.2. The standard InChI is InChI=1S/C8H11N3O/c1-5-7(8(10)12)3-2-6(4-9)11-5/h2-3H,4,9H2,1H3,(H2,10,12). The molecule has 12 heavy (non-hydrogen) atoms. The summed E-state index contributed by atoms with van der Waals surface area (Å²) in [5, 5.41) is 0. The van der Waals surface area contributed by atoms with Gasteiger partial charge in [0.1, 0.15) is 0 Å². The van der Waals surface area contributed by atoms with Gasteiger partial charge in [-0.25, -0.2) is 0 Å². The van der Waals surface area contributed by atoms with Crippen molar-refractivity contribution in [2.24, 2.45) is 11.5 Å². The molecular formula is C8H11N3O. The van der Waals surface area contributed by atoms with Gasteiger partial charge in [-0.2, -0.15) is 0 Å². The minimum atomic E-state index is -0.455. The number of aryl methyl sites for hydroxylation is 1. The summed E-state index contributed by atoms with van der Waals surface area (Å²) in [4.78, 5) is 14.9. The molecule has 1 amide bonds. The zero-order valence-corrected chi connectivity index (χ0v) is 6.87. The topological polar surface area (TPSA) is 82.0 Å². The van der Waals surface area contributed by atoms with Crippen molar-refractivity contribution in [2.45, 2.75) is 13.5 Å². The van der Waals surface area contributed by atoms with Gasteiger partial charge in [0, 0.05) is 6.54 Å². The minimum Gasteiger partial charge on any atom is -0.366 e. The third kappa shape index (κ3) is 1.60. The number of rotatable bonds is 2. The summed E-state index contributed by atoms with van der Waals surface area (Å²) >= 11 is 0. The number of carbonyl (C=O) groups excluding carboxylic acids is 1. The zero-order chi connectivity index (χ0) is 9.14. The van der Waals surface area contributed by atoms with Crippen LogP contribution in [0.1, 0.15) is 21.7 Å². The largest absolute Gasteiger partial charge is 0.366 e. The van der Waals surface area contributed by atoms with Crippen molar-refractivity contribution in [2.75, 3.05) is 0 Å². The predicted molar refractivity (Wildman–Crippen MR) is 45.4 cm³/mol. The average molecular weight is 165 g/mol. The van der Waals surface area contributed by atoms with E-state index in [-0.39, 0.29) is 0 Å². The second-order valence-corrected chi connectivity index (χ2v) is 2.50.